The van der Waals surface area contributed by atoms with Crippen LogP contribution in [0.4, 0.5) is 47.3 Å². The number of rotatable bonds is 36. The van der Waals surface area contributed by atoms with Gasteiger partial charge in [-0.15, -0.1) is 0 Å². The van der Waals surface area contributed by atoms with Gasteiger partial charge in [-0.25, -0.2) is 9.59 Å². The van der Waals surface area contributed by atoms with Crippen molar-refractivity contribution in [3.8, 4) is 0 Å². The van der Waals surface area contributed by atoms with Crippen LogP contribution in [0.15, 0.2) is 36.4 Å². The third kappa shape index (κ3) is 48.6. The summed E-state index contributed by atoms with van der Waals surface area (Å²) in [4.78, 5) is 66.3. The van der Waals surface area contributed by atoms with Crippen molar-refractivity contribution in [1.29, 1.82) is 0 Å². The van der Waals surface area contributed by atoms with Crippen LogP contribution in [0.3, 0.4) is 0 Å². The molecule has 0 fully saturated rings. The molecule has 0 heterocycles. The number of alkyl halides is 6. The Balaban J connectivity index is 0. The molecule has 6 N–H and O–H groups in total. The Labute approximate surface area is 457 Å². The number of urea groups is 2. The summed E-state index contributed by atoms with van der Waals surface area (Å²) >= 11 is 11.4. The van der Waals surface area contributed by atoms with Gasteiger partial charge in [0.1, 0.15) is 0 Å². The summed E-state index contributed by atoms with van der Waals surface area (Å²) in [6, 6.07) is 4.80. The van der Waals surface area contributed by atoms with Gasteiger partial charge >= 0.3 is 36.4 Å². The highest BCUT2D eigenvalue weighted by atomic mass is 35.5. The lowest BCUT2D eigenvalue weighted by atomic mass is 10.0. The molecule has 0 saturated carbocycles. The van der Waals surface area contributed by atoms with E-state index in [1.54, 1.807) is 28.2 Å². The van der Waals surface area contributed by atoms with E-state index in [2.05, 4.69) is 21.3 Å². The molecule has 22 heteroatoms. The molecule has 76 heavy (non-hydrogen) atoms. The van der Waals surface area contributed by atoms with Gasteiger partial charge in [-0.1, -0.05) is 164 Å². The molecule has 0 spiro atoms. The smallest absolute Gasteiger partial charge is 0.416 e. The van der Waals surface area contributed by atoms with Crippen molar-refractivity contribution in [1.82, 2.24) is 20.4 Å². The minimum Gasteiger partial charge on any atom is -0.481 e. The Bertz CT molecular complexity index is 1750. The maximum atomic E-state index is 12.8. The number of unbranched alkanes of at least 4 members (excludes halogenated alkanes) is 24. The Hall–Kier alpha value is -4.98. The van der Waals surface area contributed by atoms with Crippen LogP contribution in [-0.2, 0) is 31.5 Å². The number of nitrogens with zero attached hydrogens (tertiary/aromatic N) is 2. The SMILES string of the molecule is CN(C)C=O.CN(C)C=O.O=C(O)CCCCCCCCCCCCCCCNC(=O)Nc1cc(Cl)cc(C(F)(F)F)c1.O=C(O)CCCCCCCCCCCCCCCNC(=O)Nc1cc(Cl)cc(C(F)(F)F)c1. The standard InChI is InChI=1S/2C24H36ClF3N2O3.2C3H7NO/c2*25-20-16-19(24(26,27)28)17-21(18-20)30-23(33)29-15-13-11-9-7-5-3-1-2-4-6-8-10-12-14-22(31)32;2*1-4(2)3-5/h2*16-18H,1-15H2,(H,31,32)(H2,29,30,33);2*3H,1-2H3. The van der Waals surface area contributed by atoms with Crippen LogP contribution in [-0.4, -0.2) is 98.1 Å². The normalized spacial score (nSPS) is 10.8. The van der Waals surface area contributed by atoms with Crippen molar-refractivity contribution in [2.75, 3.05) is 51.9 Å². The quantitative estimate of drug-likeness (QED) is 0.0220. The van der Waals surface area contributed by atoms with Gasteiger partial charge in [-0.2, -0.15) is 26.3 Å². The van der Waals surface area contributed by atoms with E-state index in [1.807, 2.05) is 0 Å². The van der Waals surface area contributed by atoms with Crippen LogP contribution < -0.4 is 21.3 Å². The van der Waals surface area contributed by atoms with Crippen molar-refractivity contribution in [3.63, 3.8) is 0 Å². The van der Waals surface area contributed by atoms with Crippen LogP contribution in [0.2, 0.25) is 10.0 Å². The molecule has 436 valence electrons. The van der Waals surface area contributed by atoms with Crippen molar-refractivity contribution in [2.24, 2.45) is 0 Å². The molecule has 0 bridgehead atoms. The van der Waals surface area contributed by atoms with Gasteiger partial charge in [0.05, 0.1) is 11.1 Å². The second-order valence-electron chi connectivity index (χ2n) is 18.8. The number of amides is 6. The third-order valence-electron chi connectivity index (χ3n) is 11.1. The van der Waals surface area contributed by atoms with Gasteiger partial charge in [0.2, 0.25) is 12.8 Å². The molecule has 0 aliphatic heterocycles. The van der Waals surface area contributed by atoms with E-state index < -0.39 is 47.5 Å². The van der Waals surface area contributed by atoms with E-state index in [0.717, 1.165) is 127 Å². The van der Waals surface area contributed by atoms with Crippen molar-refractivity contribution in [3.05, 3.63) is 57.6 Å². The van der Waals surface area contributed by atoms with Gasteiger partial charge in [0.25, 0.3) is 0 Å². The zero-order valence-electron chi connectivity index (χ0n) is 45.1. The van der Waals surface area contributed by atoms with Crippen molar-refractivity contribution >= 4 is 71.4 Å². The zero-order chi connectivity index (χ0) is 57.6. The molecule has 0 radical (unpaired) electrons. The monoisotopic (exact) mass is 1130 g/mol. The number of hydrogen-bond donors (Lipinski definition) is 6. The van der Waals surface area contributed by atoms with Crippen LogP contribution >= 0.6 is 23.2 Å². The number of carboxylic acids is 2. The number of nitrogens with one attached hydrogen (secondary N) is 4. The largest absolute Gasteiger partial charge is 0.481 e. The summed E-state index contributed by atoms with van der Waals surface area (Å²) in [6.45, 7) is 0.927. The fraction of sp³-hybridized carbons (Fsp3) is 0.667. The van der Waals surface area contributed by atoms with Gasteiger partial charge in [-0.3, -0.25) is 19.2 Å². The number of anilines is 2. The molecule has 0 aliphatic rings. The van der Waals surface area contributed by atoms with E-state index in [4.69, 9.17) is 33.4 Å². The fourth-order valence-corrected chi connectivity index (χ4v) is 7.57. The van der Waals surface area contributed by atoms with Gasteiger partial charge < -0.3 is 41.3 Å². The van der Waals surface area contributed by atoms with Crippen molar-refractivity contribution < 1.29 is 65.3 Å². The van der Waals surface area contributed by atoms with Gasteiger partial charge in [-0.05, 0) is 62.1 Å². The number of benzene rings is 2. The lowest BCUT2D eigenvalue weighted by molar-refractivity contribution is -0.138. The molecule has 14 nitrogen and oxygen atoms in total. The second kappa shape index (κ2) is 46.1. The van der Waals surface area contributed by atoms with Crippen LogP contribution in [0, 0.1) is 0 Å². The number of carbonyl (C=O) groups excluding carboxylic acids is 4. The maximum absolute atomic E-state index is 12.8. The van der Waals surface area contributed by atoms with Crippen LogP contribution in [0.5, 0.6) is 0 Å². The molecular formula is C54H86Cl2F6N6O8. The van der Waals surface area contributed by atoms with Gasteiger partial charge in [0.15, 0.2) is 0 Å². The summed E-state index contributed by atoms with van der Waals surface area (Å²) in [5.41, 5.74) is -1.80. The first-order valence-electron chi connectivity index (χ1n) is 26.4. The summed E-state index contributed by atoms with van der Waals surface area (Å²) in [5.74, 6) is -1.42. The lowest BCUT2D eigenvalue weighted by Crippen LogP contribution is -2.29. The summed E-state index contributed by atoms with van der Waals surface area (Å²) < 4.78 is 76.9. The average Bonchev–Trinajstić information content (AvgIpc) is 3.33. The van der Waals surface area contributed by atoms with E-state index >= 15 is 0 Å². The third-order valence-corrected chi connectivity index (χ3v) is 11.5. The Kier molecular flexibility index (Phi) is 44.4. The number of carbonyl (C=O) groups is 6. The maximum Gasteiger partial charge on any atom is 0.416 e. The predicted molar refractivity (Wildman–Crippen MR) is 291 cm³/mol. The molecule has 0 saturated heterocycles. The van der Waals surface area contributed by atoms with Gasteiger partial charge in [0, 0.05) is 75.5 Å². The second-order valence-corrected chi connectivity index (χ2v) is 19.7. The van der Waals surface area contributed by atoms with Crippen LogP contribution in [0.25, 0.3) is 0 Å². The Morgan fingerprint density at radius 1 is 0.434 bits per heavy atom. The number of aliphatic carboxylic acids is 2. The highest BCUT2D eigenvalue weighted by Gasteiger charge is 2.32. The summed E-state index contributed by atoms with van der Waals surface area (Å²) in [7, 11) is 6.75. The number of halogens is 8. The lowest BCUT2D eigenvalue weighted by Gasteiger charge is -2.11. The first-order chi connectivity index (χ1) is 35.9. The predicted octanol–water partition coefficient (Wildman–Crippen LogP) is 15.5. The first-order valence-corrected chi connectivity index (χ1v) is 27.2. The molecule has 6 amide bonds. The molecule has 0 atom stereocenters. The highest BCUT2D eigenvalue weighted by molar-refractivity contribution is 6.31. The molecule has 0 unspecified atom stereocenters. The molecule has 2 aromatic carbocycles. The summed E-state index contributed by atoms with van der Waals surface area (Å²) in [5, 5.41) is 27.1. The highest BCUT2D eigenvalue weighted by Crippen LogP contribution is 2.34. The number of hydrogen-bond acceptors (Lipinski definition) is 6. The molecule has 2 rings (SSSR count). The van der Waals surface area contributed by atoms with E-state index in [0.29, 0.717) is 13.1 Å². The molecule has 0 aromatic heterocycles. The molecular weight excluding hydrogens is 1050 g/mol. The van der Waals surface area contributed by atoms with E-state index in [9.17, 15) is 55.1 Å². The minimum atomic E-state index is -4.53. The fourth-order valence-electron chi connectivity index (χ4n) is 7.10. The molecule has 0 aliphatic carbocycles. The van der Waals surface area contributed by atoms with E-state index in [1.165, 1.54) is 99.0 Å². The van der Waals surface area contributed by atoms with Crippen molar-refractivity contribution in [2.45, 2.75) is 192 Å². The Morgan fingerprint density at radius 3 is 0.868 bits per heavy atom. The zero-order valence-corrected chi connectivity index (χ0v) is 46.6. The summed E-state index contributed by atoms with van der Waals surface area (Å²) in [6.07, 6.45) is 21.5. The van der Waals surface area contributed by atoms with E-state index in [-0.39, 0.29) is 34.3 Å². The number of carboxylic acid groups (broad SMARTS) is 2. The average molecular weight is 1130 g/mol. The Morgan fingerprint density at radius 2 is 0.658 bits per heavy atom. The first kappa shape index (κ1) is 73.1. The van der Waals surface area contributed by atoms with Crippen LogP contribution in [0.1, 0.15) is 191 Å². The minimum absolute atomic E-state index is 0.00510. The molecule has 2 aromatic rings. The topological polar surface area (TPSA) is 197 Å².